The largest absolute Gasteiger partial charge is 0.450 e. The number of nitrogens with zero attached hydrogens (tertiary/aromatic N) is 2. The number of hydrogen-bond donors (Lipinski definition) is 3. The molecular formula is C19H17N5O3. The van der Waals surface area contributed by atoms with Crippen LogP contribution in [0.4, 0.5) is 10.7 Å². The van der Waals surface area contributed by atoms with Crippen LogP contribution in [0.25, 0.3) is 33.1 Å². The number of nitrogens with one attached hydrogen (secondary N) is 3. The summed E-state index contributed by atoms with van der Waals surface area (Å²) in [6.07, 6.45) is -0.569. The van der Waals surface area contributed by atoms with Gasteiger partial charge in [-0.3, -0.25) is 10.1 Å². The van der Waals surface area contributed by atoms with E-state index in [1.807, 2.05) is 37.3 Å². The van der Waals surface area contributed by atoms with Crippen molar-refractivity contribution in [2.45, 2.75) is 13.8 Å². The van der Waals surface area contributed by atoms with Gasteiger partial charge >= 0.3 is 6.09 Å². The number of H-pyrrole nitrogens is 2. The molecule has 4 rings (SSSR count). The summed E-state index contributed by atoms with van der Waals surface area (Å²) in [5.74, 6) is 0.302. The maximum atomic E-state index is 12.1. The normalized spacial score (nSPS) is 11.0. The minimum atomic E-state index is -0.569. The van der Waals surface area contributed by atoms with Gasteiger partial charge in [0.2, 0.25) is 5.95 Å². The van der Waals surface area contributed by atoms with Crippen molar-refractivity contribution in [2.75, 3.05) is 11.9 Å². The summed E-state index contributed by atoms with van der Waals surface area (Å²) < 4.78 is 4.85. The molecule has 0 aliphatic rings. The Bertz CT molecular complexity index is 1230. The summed E-state index contributed by atoms with van der Waals surface area (Å²) in [5, 5.41) is 10.8. The van der Waals surface area contributed by atoms with Gasteiger partial charge in [0, 0.05) is 10.9 Å². The summed E-state index contributed by atoms with van der Waals surface area (Å²) in [6, 6.07) is 11.2. The summed E-state index contributed by atoms with van der Waals surface area (Å²) >= 11 is 0. The minimum Gasteiger partial charge on any atom is -0.450 e. The number of hydrogen-bond acceptors (Lipinski definition) is 5. The van der Waals surface area contributed by atoms with Gasteiger partial charge in [-0.25, -0.2) is 14.9 Å². The van der Waals surface area contributed by atoms with E-state index >= 15 is 0 Å². The van der Waals surface area contributed by atoms with Crippen LogP contribution in [0, 0.1) is 6.92 Å². The average Bonchev–Trinajstić information content (AvgIpc) is 3.04. The quantitative estimate of drug-likeness (QED) is 0.517. The van der Waals surface area contributed by atoms with Gasteiger partial charge in [-0.1, -0.05) is 18.2 Å². The van der Waals surface area contributed by atoms with E-state index in [1.165, 1.54) is 0 Å². The third-order valence-corrected chi connectivity index (χ3v) is 4.27. The molecule has 27 heavy (non-hydrogen) atoms. The van der Waals surface area contributed by atoms with Crippen molar-refractivity contribution in [3.8, 4) is 11.3 Å². The van der Waals surface area contributed by atoms with Crippen molar-refractivity contribution in [1.82, 2.24) is 20.2 Å². The number of imidazole rings is 1. The van der Waals surface area contributed by atoms with Crippen molar-refractivity contribution < 1.29 is 9.53 Å². The number of anilines is 1. The smallest absolute Gasteiger partial charge is 0.413 e. The SMILES string of the molecule is CCOC(=O)Nc1nc2ccc(-c3n[nH]c(=O)c4cccc(C)c34)cc2[nH]1. The van der Waals surface area contributed by atoms with Gasteiger partial charge in [0.05, 0.1) is 28.7 Å². The number of fused-ring (bicyclic) bond motifs is 2. The van der Waals surface area contributed by atoms with E-state index in [4.69, 9.17) is 4.74 Å². The maximum Gasteiger partial charge on any atom is 0.413 e. The molecule has 0 spiro atoms. The molecule has 2 heterocycles. The molecule has 0 bridgehead atoms. The highest BCUT2D eigenvalue weighted by Crippen LogP contribution is 2.29. The average molecular weight is 363 g/mol. The molecule has 0 saturated carbocycles. The third-order valence-electron chi connectivity index (χ3n) is 4.27. The Labute approximate surface area is 153 Å². The fourth-order valence-electron chi connectivity index (χ4n) is 3.08. The Morgan fingerprint density at radius 1 is 1.26 bits per heavy atom. The summed E-state index contributed by atoms with van der Waals surface area (Å²) in [6.45, 7) is 3.96. The van der Waals surface area contributed by atoms with Crippen LogP contribution < -0.4 is 10.9 Å². The lowest BCUT2D eigenvalue weighted by Gasteiger charge is -2.07. The summed E-state index contributed by atoms with van der Waals surface area (Å²) in [5.41, 5.74) is 3.67. The zero-order valence-corrected chi connectivity index (χ0v) is 14.8. The Morgan fingerprint density at radius 2 is 2.11 bits per heavy atom. The Morgan fingerprint density at radius 3 is 2.93 bits per heavy atom. The molecule has 0 saturated heterocycles. The van der Waals surface area contributed by atoms with Crippen LogP contribution >= 0.6 is 0 Å². The Kier molecular flexibility index (Phi) is 4.08. The Balaban J connectivity index is 1.81. The van der Waals surface area contributed by atoms with Gasteiger partial charge < -0.3 is 9.72 Å². The molecule has 4 aromatic rings. The van der Waals surface area contributed by atoms with Crippen molar-refractivity contribution in [3.05, 3.63) is 52.3 Å². The lowest BCUT2D eigenvalue weighted by atomic mass is 10.0. The number of carbonyl (C=O) groups excluding carboxylic acids is 1. The van der Waals surface area contributed by atoms with E-state index in [2.05, 4.69) is 25.5 Å². The molecule has 8 heteroatoms. The zero-order chi connectivity index (χ0) is 19.0. The lowest BCUT2D eigenvalue weighted by Crippen LogP contribution is -2.14. The second-order valence-corrected chi connectivity index (χ2v) is 6.06. The molecule has 3 N–H and O–H groups in total. The first kappa shape index (κ1) is 16.8. The highest BCUT2D eigenvalue weighted by atomic mass is 16.5. The fourth-order valence-corrected chi connectivity index (χ4v) is 3.08. The monoisotopic (exact) mass is 363 g/mol. The Hall–Kier alpha value is -3.68. The maximum absolute atomic E-state index is 12.1. The number of aryl methyl sites for hydroxylation is 1. The predicted molar refractivity (Wildman–Crippen MR) is 103 cm³/mol. The topological polar surface area (TPSA) is 113 Å². The van der Waals surface area contributed by atoms with Crippen LogP contribution in [0.2, 0.25) is 0 Å². The molecule has 0 aliphatic carbocycles. The lowest BCUT2D eigenvalue weighted by molar-refractivity contribution is 0.167. The zero-order valence-electron chi connectivity index (χ0n) is 14.8. The number of rotatable bonds is 3. The van der Waals surface area contributed by atoms with Gasteiger partial charge in [0.15, 0.2) is 0 Å². The van der Waals surface area contributed by atoms with Crippen molar-refractivity contribution >= 4 is 33.8 Å². The second kappa shape index (κ2) is 6.56. The van der Waals surface area contributed by atoms with Crippen LogP contribution in [-0.2, 0) is 4.74 Å². The first-order chi connectivity index (χ1) is 13.1. The van der Waals surface area contributed by atoms with Gasteiger partial charge in [0.25, 0.3) is 5.56 Å². The summed E-state index contributed by atoms with van der Waals surface area (Å²) in [7, 11) is 0. The number of amides is 1. The molecule has 0 fully saturated rings. The second-order valence-electron chi connectivity index (χ2n) is 6.06. The molecule has 2 aromatic heterocycles. The molecule has 0 radical (unpaired) electrons. The molecule has 8 nitrogen and oxygen atoms in total. The van der Waals surface area contributed by atoms with E-state index < -0.39 is 6.09 Å². The standard InChI is InChI=1S/C19H17N5O3/c1-3-27-19(26)22-18-20-13-8-7-11(9-14(13)21-18)16-15-10(2)5-4-6-12(15)17(25)24-23-16/h4-9H,3H2,1-2H3,(H,24,25)(H2,20,21,22,26). The predicted octanol–water partition coefficient (Wildman–Crippen LogP) is 3.34. The molecule has 0 unspecified atom stereocenters. The number of benzene rings is 2. The first-order valence-electron chi connectivity index (χ1n) is 8.48. The van der Waals surface area contributed by atoms with Gasteiger partial charge in [-0.2, -0.15) is 5.10 Å². The van der Waals surface area contributed by atoms with Gasteiger partial charge in [-0.15, -0.1) is 0 Å². The first-order valence-corrected chi connectivity index (χ1v) is 8.48. The number of ether oxygens (including phenoxy) is 1. The van der Waals surface area contributed by atoms with Crippen LogP contribution in [0.5, 0.6) is 0 Å². The molecule has 0 atom stereocenters. The van der Waals surface area contributed by atoms with E-state index in [-0.39, 0.29) is 12.2 Å². The van der Waals surface area contributed by atoms with E-state index in [0.29, 0.717) is 22.5 Å². The molecule has 1 amide bonds. The molecule has 2 aromatic carbocycles. The van der Waals surface area contributed by atoms with Crippen molar-refractivity contribution in [2.24, 2.45) is 0 Å². The van der Waals surface area contributed by atoms with E-state index in [1.54, 1.807) is 13.0 Å². The molecule has 0 aliphatic heterocycles. The highest BCUT2D eigenvalue weighted by Gasteiger charge is 2.13. The number of carbonyl (C=O) groups is 1. The van der Waals surface area contributed by atoms with E-state index in [9.17, 15) is 9.59 Å². The summed E-state index contributed by atoms with van der Waals surface area (Å²) in [4.78, 5) is 31.0. The van der Waals surface area contributed by atoms with Crippen LogP contribution in [0.1, 0.15) is 12.5 Å². The highest BCUT2D eigenvalue weighted by molar-refractivity contribution is 5.98. The van der Waals surface area contributed by atoms with Crippen molar-refractivity contribution in [3.63, 3.8) is 0 Å². The van der Waals surface area contributed by atoms with E-state index in [0.717, 1.165) is 22.0 Å². The minimum absolute atomic E-state index is 0.221. The van der Waals surface area contributed by atoms with Gasteiger partial charge in [-0.05, 0) is 37.6 Å². The van der Waals surface area contributed by atoms with Crippen molar-refractivity contribution in [1.29, 1.82) is 0 Å². The number of aromatic amines is 2. The fraction of sp³-hybridized carbons (Fsp3) is 0.158. The number of aromatic nitrogens is 4. The van der Waals surface area contributed by atoms with Gasteiger partial charge in [0.1, 0.15) is 0 Å². The van der Waals surface area contributed by atoms with Crippen LogP contribution in [-0.4, -0.2) is 32.9 Å². The molecule has 136 valence electrons. The van der Waals surface area contributed by atoms with Crippen LogP contribution in [0.3, 0.4) is 0 Å². The third kappa shape index (κ3) is 3.01. The molecular weight excluding hydrogens is 346 g/mol. The van der Waals surface area contributed by atoms with Crippen LogP contribution in [0.15, 0.2) is 41.2 Å².